The van der Waals surface area contributed by atoms with E-state index in [4.69, 9.17) is 4.74 Å². The van der Waals surface area contributed by atoms with E-state index in [1.807, 2.05) is 19.9 Å². The van der Waals surface area contributed by atoms with Crippen molar-refractivity contribution >= 4 is 27.6 Å². The summed E-state index contributed by atoms with van der Waals surface area (Å²) in [6.45, 7) is 6.59. The fraction of sp³-hybridized carbons (Fsp3) is 0.440. The van der Waals surface area contributed by atoms with Crippen LogP contribution in [-0.4, -0.2) is 44.3 Å². The van der Waals surface area contributed by atoms with Gasteiger partial charge in [-0.05, 0) is 74.6 Å². The monoisotopic (exact) mass is 472 g/mol. The number of hydrogen-bond acceptors (Lipinski definition) is 5. The Labute approximate surface area is 196 Å². The number of unbranched alkanes of at least 4 members (excludes halogenated alkanes) is 1. The van der Waals surface area contributed by atoms with Crippen LogP contribution in [0, 0.1) is 19.8 Å². The molecule has 3 rings (SSSR count). The number of aryl methyl sites for hydroxylation is 2. The first kappa shape index (κ1) is 24.9. The molecular formula is C25H32N2O5S. The SMILES string of the molecule is CCCCOC(=O)c1ccc(NC(=O)[C@H]2CCCN(S(=O)(=O)c3cc(C)ccc3C)C2)cc1. The van der Waals surface area contributed by atoms with Gasteiger partial charge >= 0.3 is 5.97 Å². The van der Waals surface area contributed by atoms with Gasteiger partial charge in [0.1, 0.15) is 0 Å². The zero-order valence-electron chi connectivity index (χ0n) is 19.5. The average molecular weight is 473 g/mol. The first-order valence-corrected chi connectivity index (χ1v) is 12.8. The highest BCUT2D eigenvalue weighted by atomic mass is 32.2. The number of rotatable bonds is 8. The third kappa shape index (κ3) is 6.21. The number of hydrogen-bond donors (Lipinski definition) is 1. The molecular weight excluding hydrogens is 440 g/mol. The van der Waals surface area contributed by atoms with Crippen LogP contribution in [0.4, 0.5) is 5.69 Å². The molecule has 0 aromatic heterocycles. The van der Waals surface area contributed by atoms with E-state index in [0.717, 1.165) is 18.4 Å². The number of benzene rings is 2. The summed E-state index contributed by atoms with van der Waals surface area (Å²) in [5.74, 6) is -1.06. The van der Waals surface area contributed by atoms with Gasteiger partial charge in [-0.3, -0.25) is 4.79 Å². The Morgan fingerprint density at radius 2 is 1.85 bits per heavy atom. The van der Waals surface area contributed by atoms with Crippen LogP contribution in [0.25, 0.3) is 0 Å². The molecule has 0 spiro atoms. The maximum absolute atomic E-state index is 13.2. The second-order valence-electron chi connectivity index (χ2n) is 8.53. The fourth-order valence-electron chi connectivity index (χ4n) is 3.83. The highest BCUT2D eigenvalue weighted by Crippen LogP contribution is 2.27. The summed E-state index contributed by atoms with van der Waals surface area (Å²) in [6.07, 6.45) is 3.00. The molecule has 1 saturated heterocycles. The molecule has 0 aliphatic carbocycles. The quantitative estimate of drug-likeness (QED) is 0.457. The van der Waals surface area contributed by atoms with Crippen molar-refractivity contribution in [3.8, 4) is 0 Å². The van der Waals surface area contributed by atoms with Crippen molar-refractivity contribution in [3.63, 3.8) is 0 Å². The summed E-state index contributed by atoms with van der Waals surface area (Å²) in [5.41, 5.74) is 2.55. The minimum Gasteiger partial charge on any atom is -0.462 e. The molecule has 1 amide bonds. The van der Waals surface area contributed by atoms with Gasteiger partial charge in [0.05, 0.1) is 23.0 Å². The normalized spacial score (nSPS) is 16.9. The third-order valence-corrected chi connectivity index (χ3v) is 7.84. The van der Waals surface area contributed by atoms with Crippen molar-refractivity contribution < 1.29 is 22.7 Å². The minimum atomic E-state index is -3.68. The summed E-state index contributed by atoms with van der Waals surface area (Å²) >= 11 is 0. The Bertz CT molecular complexity index is 1100. The van der Waals surface area contributed by atoms with E-state index in [1.54, 1.807) is 43.3 Å². The van der Waals surface area contributed by atoms with E-state index in [0.29, 0.717) is 47.7 Å². The van der Waals surface area contributed by atoms with E-state index in [2.05, 4.69) is 5.32 Å². The highest BCUT2D eigenvalue weighted by molar-refractivity contribution is 7.89. The van der Waals surface area contributed by atoms with Crippen LogP contribution >= 0.6 is 0 Å². The van der Waals surface area contributed by atoms with Crippen molar-refractivity contribution in [2.75, 3.05) is 25.0 Å². The molecule has 7 nitrogen and oxygen atoms in total. The number of ether oxygens (including phenoxy) is 1. The summed E-state index contributed by atoms with van der Waals surface area (Å²) in [4.78, 5) is 25.2. The summed E-state index contributed by atoms with van der Waals surface area (Å²) in [6, 6.07) is 11.9. The van der Waals surface area contributed by atoms with E-state index in [1.165, 1.54) is 4.31 Å². The van der Waals surface area contributed by atoms with Crippen LogP contribution in [0.2, 0.25) is 0 Å². The lowest BCUT2D eigenvalue weighted by atomic mass is 9.98. The number of nitrogens with zero attached hydrogens (tertiary/aromatic N) is 1. The Balaban J connectivity index is 1.64. The molecule has 2 aromatic carbocycles. The Hall–Kier alpha value is -2.71. The molecule has 0 saturated carbocycles. The predicted octanol–water partition coefficient (Wildman–Crippen LogP) is 4.30. The van der Waals surface area contributed by atoms with Crippen molar-refractivity contribution in [2.24, 2.45) is 5.92 Å². The topological polar surface area (TPSA) is 92.8 Å². The number of carbonyl (C=O) groups excluding carboxylic acids is 2. The Morgan fingerprint density at radius 3 is 2.55 bits per heavy atom. The van der Waals surface area contributed by atoms with Crippen molar-refractivity contribution in [1.82, 2.24) is 4.31 Å². The number of nitrogens with one attached hydrogen (secondary N) is 1. The van der Waals surface area contributed by atoms with Crippen molar-refractivity contribution in [2.45, 2.75) is 51.3 Å². The predicted molar refractivity (Wildman–Crippen MR) is 128 cm³/mol. The van der Waals surface area contributed by atoms with E-state index in [9.17, 15) is 18.0 Å². The van der Waals surface area contributed by atoms with Gasteiger partial charge in [-0.1, -0.05) is 25.5 Å². The van der Waals surface area contributed by atoms with Crippen LogP contribution < -0.4 is 5.32 Å². The fourth-order valence-corrected chi connectivity index (χ4v) is 5.66. The molecule has 0 bridgehead atoms. The van der Waals surface area contributed by atoms with Gasteiger partial charge in [-0.25, -0.2) is 13.2 Å². The third-order valence-electron chi connectivity index (χ3n) is 5.84. The first-order chi connectivity index (χ1) is 15.7. The lowest BCUT2D eigenvalue weighted by molar-refractivity contribution is -0.120. The van der Waals surface area contributed by atoms with Crippen LogP contribution in [0.3, 0.4) is 0 Å². The van der Waals surface area contributed by atoms with Crippen molar-refractivity contribution in [3.05, 3.63) is 59.2 Å². The maximum atomic E-state index is 13.2. The number of sulfonamides is 1. The minimum absolute atomic E-state index is 0.142. The Kier molecular flexibility index (Phi) is 8.26. The van der Waals surface area contributed by atoms with Gasteiger partial charge in [0.2, 0.25) is 15.9 Å². The second-order valence-corrected chi connectivity index (χ2v) is 10.4. The molecule has 33 heavy (non-hydrogen) atoms. The highest BCUT2D eigenvalue weighted by Gasteiger charge is 2.34. The lowest BCUT2D eigenvalue weighted by Crippen LogP contribution is -2.43. The molecule has 1 fully saturated rings. The van der Waals surface area contributed by atoms with Crippen LogP contribution in [0.15, 0.2) is 47.4 Å². The molecule has 1 N–H and O–H groups in total. The number of carbonyl (C=O) groups is 2. The molecule has 1 heterocycles. The van der Waals surface area contributed by atoms with Gasteiger partial charge in [0, 0.05) is 18.8 Å². The van der Waals surface area contributed by atoms with Gasteiger partial charge < -0.3 is 10.1 Å². The maximum Gasteiger partial charge on any atom is 0.338 e. The van der Waals surface area contributed by atoms with E-state index < -0.39 is 15.9 Å². The van der Waals surface area contributed by atoms with Crippen LogP contribution in [-0.2, 0) is 19.6 Å². The molecule has 1 aliphatic rings. The number of esters is 1. The van der Waals surface area contributed by atoms with Crippen LogP contribution in [0.1, 0.15) is 54.1 Å². The summed E-state index contributed by atoms with van der Waals surface area (Å²) in [7, 11) is -3.68. The molecule has 1 atom stereocenters. The number of piperidine rings is 1. The molecule has 0 unspecified atom stereocenters. The zero-order valence-corrected chi connectivity index (χ0v) is 20.3. The average Bonchev–Trinajstić information content (AvgIpc) is 2.81. The Morgan fingerprint density at radius 1 is 1.12 bits per heavy atom. The van der Waals surface area contributed by atoms with Gasteiger partial charge in [0.25, 0.3) is 0 Å². The molecule has 1 aliphatic heterocycles. The lowest BCUT2D eigenvalue weighted by Gasteiger charge is -2.31. The summed E-state index contributed by atoms with van der Waals surface area (Å²) < 4.78 is 33.1. The number of amides is 1. The molecule has 2 aromatic rings. The van der Waals surface area contributed by atoms with Gasteiger partial charge in [0.15, 0.2) is 0 Å². The first-order valence-electron chi connectivity index (χ1n) is 11.4. The largest absolute Gasteiger partial charge is 0.462 e. The van der Waals surface area contributed by atoms with Crippen molar-refractivity contribution in [1.29, 1.82) is 0 Å². The molecule has 178 valence electrons. The standard InChI is InChI=1S/C25H32N2O5S/c1-4-5-15-32-25(29)20-10-12-22(13-11-20)26-24(28)21-7-6-14-27(17-21)33(30,31)23-16-18(2)8-9-19(23)3/h8-13,16,21H,4-7,14-15,17H2,1-3H3,(H,26,28)/t21-/m0/s1. The number of anilines is 1. The van der Waals surface area contributed by atoms with Crippen LogP contribution in [0.5, 0.6) is 0 Å². The molecule has 8 heteroatoms. The zero-order chi connectivity index (χ0) is 24.0. The van der Waals surface area contributed by atoms with E-state index in [-0.39, 0.29) is 18.4 Å². The summed E-state index contributed by atoms with van der Waals surface area (Å²) in [5, 5.41) is 2.85. The smallest absolute Gasteiger partial charge is 0.338 e. The van der Waals surface area contributed by atoms with Gasteiger partial charge in [-0.2, -0.15) is 4.31 Å². The molecule has 0 radical (unpaired) electrons. The van der Waals surface area contributed by atoms with E-state index >= 15 is 0 Å². The van der Waals surface area contributed by atoms with Gasteiger partial charge in [-0.15, -0.1) is 0 Å². The second kappa shape index (κ2) is 10.9.